The fourth-order valence-electron chi connectivity index (χ4n) is 0. The molecule has 56 valence electrons. The summed E-state index contributed by atoms with van der Waals surface area (Å²) in [6, 6.07) is 0. The minimum Gasteiger partial charge on any atom is -0.197 e. The standard InChI is InChI=1S/2H3P.5H2S/h2*1H3;5*1H2. The lowest BCUT2D eigenvalue weighted by Crippen LogP contribution is 0.647. The highest BCUT2D eigenvalue weighted by Crippen LogP contribution is 0.862. The van der Waals surface area contributed by atoms with Crippen LogP contribution in [0.25, 0.3) is 0 Å². The molecular weight excluding hydrogens is 222 g/mol. The van der Waals surface area contributed by atoms with E-state index in [4.69, 9.17) is 0 Å². The zero-order chi connectivity index (χ0) is 0. The molecule has 2 unspecified atom stereocenters. The molecule has 0 aromatic rings. The quantitative estimate of drug-likeness (QED) is 0.545. The minimum absolute atomic E-state index is 0. The molecule has 0 aliphatic heterocycles. The van der Waals surface area contributed by atoms with Crippen LogP contribution in [-0.2, 0) is 0 Å². The van der Waals surface area contributed by atoms with E-state index in [2.05, 4.69) is 0 Å². The molecule has 7 heavy (non-hydrogen) atoms. The first-order chi connectivity index (χ1) is 0. The van der Waals surface area contributed by atoms with E-state index >= 15 is 0 Å². The lowest BCUT2D eigenvalue weighted by Gasteiger charge is -0.198. The van der Waals surface area contributed by atoms with Crippen LogP contribution >= 0.6 is 87.3 Å². The van der Waals surface area contributed by atoms with Crippen molar-refractivity contribution in [3.05, 3.63) is 0 Å². The zero-order valence-electron chi connectivity index (χ0n) is 3.91. The summed E-state index contributed by atoms with van der Waals surface area (Å²) in [4.78, 5) is 0. The van der Waals surface area contributed by atoms with Crippen molar-refractivity contribution in [2.75, 3.05) is 0 Å². The highest BCUT2D eigenvalue weighted by Gasteiger charge is -0.152. The first-order valence-corrected chi connectivity index (χ1v) is 0. The van der Waals surface area contributed by atoms with E-state index < -0.39 is 0 Å². The van der Waals surface area contributed by atoms with E-state index in [9.17, 15) is 0 Å². The van der Waals surface area contributed by atoms with Crippen LogP contribution < -0.4 is 0 Å². The monoisotopic (exact) mass is 238 g/mol. The van der Waals surface area contributed by atoms with Crippen LogP contribution in [0.3, 0.4) is 0 Å². The summed E-state index contributed by atoms with van der Waals surface area (Å²) in [7, 11) is 0. The summed E-state index contributed by atoms with van der Waals surface area (Å²) in [5, 5.41) is 0. The predicted octanol–water partition coefficient (Wildman–Crippen LogP) is 0.680. The van der Waals surface area contributed by atoms with Gasteiger partial charge in [-0.25, -0.2) is 0 Å². The van der Waals surface area contributed by atoms with E-state index in [1.165, 1.54) is 0 Å². The molecule has 0 nitrogen and oxygen atoms in total. The Bertz CT molecular complexity index is 6.04. The topological polar surface area (TPSA) is 0 Å². The second-order valence-electron chi connectivity index (χ2n) is 0. The van der Waals surface area contributed by atoms with Crippen molar-refractivity contribution in [3.8, 4) is 0 Å². The van der Waals surface area contributed by atoms with Crippen LogP contribution in [-0.4, -0.2) is 0 Å². The summed E-state index contributed by atoms with van der Waals surface area (Å²) < 4.78 is 0. The van der Waals surface area contributed by atoms with Crippen molar-refractivity contribution < 1.29 is 0 Å². The van der Waals surface area contributed by atoms with E-state index in [0.29, 0.717) is 0 Å². The van der Waals surface area contributed by atoms with Gasteiger partial charge in [-0.3, -0.25) is 0 Å². The SMILES string of the molecule is P.P.S.S.S.S.S. The fourth-order valence-corrected chi connectivity index (χ4v) is 0. The molecule has 0 fully saturated rings. The van der Waals surface area contributed by atoms with Gasteiger partial charge in [0.05, 0.1) is 0 Å². The molecule has 2 atom stereocenters. The Morgan fingerprint density at radius 2 is 0.286 bits per heavy atom. The predicted molar refractivity (Wildman–Crippen MR) is 74.1 cm³/mol. The van der Waals surface area contributed by atoms with E-state index in [0.717, 1.165) is 0 Å². The number of hydrogen-bond donors (Lipinski definition) is 0. The van der Waals surface area contributed by atoms with Crippen molar-refractivity contribution in [2.24, 2.45) is 0 Å². The van der Waals surface area contributed by atoms with Gasteiger partial charge in [0, 0.05) is 0 Å². The van der Waals surface area contributed by atoms with E-state index in [-0.39, 0.29) is 87.3 Å². The molecule has 0 aromatic carbocycles. The van der Waals surface area contributed by atoms with Crippen molar-refractivity contribution in [2.45, 2.75) is 0 Å². The average Bonchev–Trinajstić information content (AvgIpc) is 0. The molecule has 0 aliphatic rings. The normalized spacial score (nSPS) is 0. The maximum absolute atomic E-state index is 0. The van der Waals surface area contributed by atoms with E-state index in [1.807, 2.05) is 0 Å². The third-order valence-electron chi connectivity index (χ3n) is 0. The van der Waals surface area contributed by atoms with Gasteiger partial charge in [-0.05, 0) is 0 Å². The van der Waals surface area contributed by atoms with Crippen LogP contribution in [0.1, 0.15) is 0 Å². The lowest BCUT2D eigenvalue weighted by molar-refractivity contribution is 6.92. The Labute approximate surface area is 86.8 Å². The molecule has 0 aliphatic carbocycles. The first kappa shape index (κ1) is 105. The minimum atomic E-state index is 0. The Morgan fingerprint density at radius 1 is 0.286 bits per heavy atom. The summed E-state index contributed by atoms with van der Waals surface area (Å²) in [6.45, 7) is 0. The lowest BCUT2D eigenvalue weighted by atomic mass is 31.0. The molecule has 0 rings (SSSR count). The third-order valence-corrected chi connectivity index (χ3v) is 0. The molecule has 0 bridgehead atoms. The van der Waals surface area contributed by atoms with Crippen molar-refractivity contribution in [3.63, 3.8) is 0 Å². The Kier molecular flexibility index (Phi) is 1090. The van der Waals surface area contributed by atoms with Gasteiger partial charge in [0.25, 0.3) is 0 Å². The molecule has 0 N–H and O–H groups in total. The highest BCUT2D eigenvalue weighted by molar-refractivity contribution is 7.60. The molecule has 0 aromatic heterocycles. The highest BCUT2D eigenvalue weighted by atomic mass is 32.1. The third kappa shape index (κ3) is 55.2. The van der Waals surface area contributed by atoms with E-state index in [1.54, 1.807) is 0 Å². The molecule has 0 heterocycles. The van der Waals surface area contributed by atoms with Crippen LogP contribution in [0.2, 0.25) is 0 Å². The van der Waals surface area contributed by atoms with Gasteiger partial charge in [0.15, 0.2) is 0 Å². The van der Waals surface area contributed by atoms with Gasteiger partial charge >= 0.3 is 0 Å². The summed E-state index contributed by atoms with van der Waals surface area (Å²) in [5.41, 5.74) is 0. The Balaban J connectivity index is 0. The second-order valence-corrected chi connectivity index (χ2v) is 0. The van der Waals surface area contributed by atoms with Crippen LogP contribution in [0.4, 0.5) is 0 Å². The average molecular weight is 238 g/mol. The van der Waals surface area contributed by atoms with Gasteiger partial charge in [-0.1, -0.05) is 0 Å². The van der Waals surface area contributed by atoms with Gasteiger partial charge < -0.3 is 0 Å². The fraction of sp³-hybridized carbons (Fsp3) is 0. The maximum atomic E-state index is 0. The van der Waals surface area contributed by atoms with Crippen molar-refractivity contribution in [1.82, 2.24) is 0 Å². The van der Waals surface area contributed by atoms with Crippen LogP contribution in [0.5, 0.6) is 0 Å². The molecule has 0 saturated carbocycles. The number of rotatable bonds is 0. The summed E-state index contributed by atoms with van der Waals surface area (Å²) >= 11 is 0. The van der Waals surface area contributed by atoms with Crippen LogP contribution in [0, 0.1) is 0 Å². The molecule has 0 saturated heterocycles. The summed E-state index contributed by atoms with van der Waals surface area (Å²) in [5.74, 6) is 0. The Morgan fingerprint density at radius 3 is 0.286 bits per heavy atom. The largest absolute Gasteiger partial charge is 0.197 e. The van der Waals surface area contributed by atoms with Crippen LogP contribution in [0.15, 0.2) is 0 Å². The maximum Gasteiger partial charge on any atom is -0.153 e. The summed E-state index contributed by atoms with van der Waals surface area (Å²) in [6.07, 6.45) is 0. The first-order valence-electron chi connectivity index (χ1n) is 0. The van der Waals surface area contributed by atoms with Gasteiger partial charge in [-0.15, -0.1) is 0 Å². The van der Waals surface area contributed by atoms with Gasteiger partial charge in [0.2, 0.25) is 0 Å². The molecule has 0 spiro atoms. The Hall–Kier alpha value is 2.61. The molecule has 7 heteroatoms. The van der Waals surface area contributed by atoms with Crippen molar-refractivity contribution >= 4 is 87.3 Å². The number of hydrogen-bond acceptors (Lipinski definition) is 0. The molecule has 0 radical (unpaired) electrons. The zero-order valence-corrected chi connectivity index (χ0v) is 11.7. The van der Waals surface area contributed by atoms with Gasteiger partial charge in [-0.2, -0.15) is 87.3 Å². The second kappa shape index (κ2) is 73.2. The molecular formula is H16P2S5. The smallest absolute Gasteiger partial charge is 0.153 e. The van der Waals surface area contributed by atoms with Crippen molar-refractivity contribution in [1.29, 1.82) is 0 Å². The molecule has 0 amide bonds. The van der Waals surface area contributed by atoms with Gasteiger partial charge in [0.1, 0.15) is 0 Å².